The fourth-order valence-corrected chi connectivity index (χ4v) is 3.29. The van der Waals surface area contributed by atoms with Crippen LogP contribution in [0.4, 0.5) is 0 Å². The summed E-state index contributed by atoms with van der Waals surface area (Å²) in [5.74, 6) is 1.11. The smallest absolute Gasteiger partial charge is 0.0903 e. The number of unbranched alkanes of at least 4 members (excludes halogenated alkanes) is 6. The summed E-state index contributed by atoms with van der Waals surface area (Å²) >= 11 is 1.91. The first-order chi connectivity index (χ1) is 9.88. The molecule has 1 nitrogen and oxygen atoms in total. The Kier molecular flexibility index (Phi) is 7.53. The Hall–Kier alpha value is -0.470. The molecule has 1 saturated heterocycles. The second kappa shape index (κ2) is 9.46. The maximum Gasteiger partial charge on any atom is 0.0903 e. The van der Waals surface area contributed by atoms with Crippen LogP contribution < -0.4 is 0 Å². The van der Waals surface area contributed by atoms with Gasteiger partial charge < -0.3 is 4.74 Å². The molecule has 0 N–H and O–H groups in total. The van der Waals surface area contributed by atoms with Crippen molar-refractivity contribution in [2.24, 2.45) is 0 Å². The highest BCUT2D eigenvalue weighted by molar-refractivity contribution is 7.99. The number of thioether (sulfide) groups is 1. The Morgan fingerprint density at radius 3 is 2.30 bits per heavy atom. The van der Waals surface area contributed by atoms with Crippen LogP contribution in [-0.2, 0) is 11.2 Å². The van der Waals surface area contributed by atoms with Crippen molar-refractivity contribution in [1.29, 1.82) is 0 Å². The van der Waals surface area contributed by atoms with Gasteiger partial charge in [0, 0.05) is 10.6 Å². The van der Waals surface area contributed by atoms with Crippen LogP contribution in [0.15, 0.2) is 29.2 Å². The summed E-state index contributed by atoms with van der Waals surface area (Å²) in [6, 6.07) is 9.13. The molecule has 0 radical (unpaired) electrons. The van der Waals surface area contributed by atoms with Gasteiger partial charge in [-0.1, -0.05) is 57.6 Å². The van der Waals surface area contributed by atoms with E-state index in [1.807, 2.05) is 11.8 Å². The second-order valence-corrected chi connectivity index (χ2v) is 6.88. The quantitative estimate of drug-likeness (QED) is 0.304. The fraction of sp³-hybridized carbons (Fsp3) is 0.667. The van der Waals surface area contributed by atoms with Crippen LogP contribution >= 0.6 is 11.8 Å². The molecule has 1 atom stereocenters. The van der Waals surface area contributed by atoms with Gasteiger partial charge in [-0.2, -0.15) is 0 Å². The molecule has 2 rings (SSSR count). The van der Waals surface area contributed by atoms with E-state index >= 15 is 0 Å². The van der Waals surface area contributed by atoms with Gasteiger partial charge in [0.1, 0.15) is 0 Å². The van der Waals surface area contributed by atoms with Crippen molar-refractivity contribution in [3.8, 4) is 0 Å². The Bertz CT molecular complexity index is 356. The number of epoxide rings is 1. The van der Waals surface area contributed by atoms with Crippen LogP contribution in [0.3, 0.4) is 0 Å². The normalized spacial score (nSPS) is 17.4. The van der Waals surface area contributed by atoms with E-state index in [2.05, 4.69) is 31.2 Å². The number of hydrogen-bond donors (Lipinski definition) is 0. The third kappa shape index (κ3) is 6.81. The Morgan fingerprint density at radius 2 is 1.65 bits per heavy atom. The Balaban J connectivity index is 1.53. The monoisotopic (exact) mass is 292 g/mol. The zero-order valence-electron chi connectivity index (χ0n) is 12.8. The third-order valence-electron chi connectivity index (χ3n) is 3.83. The van der Waals surface area contributed by atoms with Crippen LogP contribution in [-0.4, -0.2) is 18.5 Å². The van der Waals surface area contributed by atoms with E-state index in [0.717, 1.165) is 12.4 Å². The number of rotatable bonds is 11. The van der Waals surface area contributed by atoms with Crippen LogP contribution in [0, 0.1) is 0 Å². The van der Waals surface area contributed by atoms with Gasteiger partial charge in [0.15, 0.2) is 0 Å². The summed E-state index contributed by atoms with van der Waals surface area (Å²) in [5, 5.41) is 0. The average Bonchev–Trinajstić information content (AvgIpc) is 3.30. The number of hydrogen-bond acceptors (Lipinski definition) is 2. The van der Waals surface area contributed by atoms with Gasteiger partial charge in [-0.05, 0) is 30.5 Å². The summed E-state index contributed by atoms with van der Waals surface area (Å²) in [6.07, 6.45) is 11.5. The van der Waals surface area contributed by atoms with Crippen LogP contribution in [0.2, 0.25) is 0 Å². The molecule has 0 bridgehead atoms. The highest BCUT2D eigenvalue weighted by Crippen LogP contribution is 2.24. The second-order valence-electron chi connectivity index (χ2n) is 5.78. The molecular formula is C18H28OS. The summed E-state index contributed by atoms with van der Waals surface area (Å²) in [6.45, 7) is 3.24. The Morgan fingerprint density at radius 1 is 1.00 bits per heavy atom. The standard InChI is InChI=1S/C18H28OS/c1-2-3-4-5-6-7-8-9-16-10-12-18(13-11-16)20-15-17-14-19-17/h10-13,17H,2-9,14-15H2,1H3. The summed E-state index contributed by atoms with van der Waals surface area (Å²) in [7, 11) is 0. The molecule has 1 aliphatic heterocycles. The molecule has 1 aliphatic rings. The first-order valence-corrected chi connectivity index (χ1v) is 9.20. The molecule has 2 heteroatoms. The van der Waals surface area contributed by atoms with Gasteiger partial charge in [-0.15, -0.1) is 11.8 Å². The number of benzene rings is 1. The van der Waals surface area contributed by atoms with Crippen molar-refractivity contribution >= 4 is 11.8 Å². The largest absolute Gasteiger partial charge is 0.372 e. The maximum atomic E-state index is 5.23. The molecule has 0 aromatic heterocycles. The van der Waals surface area contributed by atoms with Crippen LogP contribution in [0.25, 0.3) is 0 Å². The van der Waals surface area contributed by atoms with Crippen molar-refractivity contribution < 1.29 is 4.74 Å². The lowest BCUT2D eigenvalue weighted by molar-refractivity contribution is 0.426. The summed E-state index contributed by atoms with van der Waals surface area (Å²) in [4.78, 5) is 1.38. The van der Waals surface area contributed by atoms with Gasteiger partial charge in [-0.25, -0.2) is 0 Å². The fourth-order valence-electron chi connectivity index (χ4n) is 2.39. The predicted molar refractivity (Wildman–Crippen MR) is 88.6 cm³/mol. The lowest BCUT2D eigenvalue weighted by atomic mass is 10.0. The molecular weight excluding hydrogens is 264 g/mol. The number of ether oxygens (including phenoxy) is 1. The van der Waals surface area contributed by atoms with E-state index in [-0.39, 0.29) is 0 Å². The maximum absolute atomic E-state index is 5.23. The van der Waals surface area contributed by atoms with Gasteiger partial charge in [0.05, 0.1) is 12.7 Å². The van der Waals surface area contributed by atoms with E-state index in [9.17, 15) is 0 Å². The average molecular weight is 292 g/mol. The van der Waals surface area contributed by atoms with E-state index < -0.39 is 0 Å². The van der Waals surface area contributed by atoms with Crippen molar-refractivity contribution in [2.75, 3.05) is 12.4 Å². The zero-order chi connectivity index (χ0) is 14.0. The van der Waals surface area contributed by atoms with Crippen molar-refractivity contribution in [1.82, 2.24) is 0 Å². The SMILES string of the molecule is CCCCCCCCCc1ccc(SCC2CO2)cc1. The molecule has 1 aromatic carbocycles. The van der Waals surface area contributed by atoms with E-state index in [1.165, 1.54) is 61.8 Å². The lowest BCUT2D eigenvalue weighted by Gasteiger charge is -2.04. The predicted octanol–water partition coefficient (Wildman–Crippen LogP) is 5.47. The van der Waals surface area contributed by atoms with E-state index in [4.69, 9.17) is 4.74 Å². The first kappa shape index (κ1) is 15.9. The van der Waals surface area contributed by atoms with Gasteiger partial charge in [-0.3, -0.25) is 0 Å². The first-order valence-electron chi connectivity index (χ1n) is 8.22. The topological polar surface area (TPSA) is 12.5 Å². The van der Waals surface area contributed by atoms with Crippen LogP contribution in [0.1, 0.15) is 57.4 Å². The zero-order valence-corrected chi connectivity index (χ0v) is 13.6. The molecule has 1 heterocycles. The molecule has 112 valence electrons. The van der Waals surface area contributed by atoms with E-state index in [1.54, 1.807) is 0 Å². The number of aryl methyl sites for hydroxylation is 1. The molecule has 0 aliphatic carbocycles. The molecule has 20 heavy (non-hydrogen) atoms. The molecule has 0 amide bonds. The van der Waals surface area contributed by atoms with Gasteiger partial charge in [0.2, 0.25) is 0 Å². The van der Waals surface area contributed by atoms with E-state index in [0.29, 0.717) is 6.10 Å². The third-order valence-corrected chi connectivity index (χ3v) is 4.97. The highest BCUT2D eigenvalue weighted by atomic mass is 32.2. The highest BCUT2D eigenvalue weighted by Gasteiger charge is 2.21. The molecule has 1 fully saturated rings. The molecule has 1 unspecified atom stereocenters. The van der Waals surface area contributed by atoms with Crippen molar-refractivity contribution in [2.45, 2.75) is 69.3 Å². The minimum Gasteiger partial charge on any atom is -0.372 e. The van der Waals surface area contributed by atoms with Crippen molar-refractivity contribution in [3.63, 3.8) is 0 Å². The molecule has 1 aromatic rings. The summed E-state index contributed by atoms with van der Waals surface area (Å²) < 4.78 is 5.23. The van der Waals surface area contributed by atoms with Gasteiger partial charge in [0.25, 0.3) is 0 Å². The molecule has 0 saturated carbocycles. The minimum atomic E-state index is 0.521. The van der Waals surface area contributed by atoms with Crippen LogP contribution in [0.5, 0.6) is 0 Å². The summed E-state index contributed by atoms with van der Waals surface area (Å²) in [5.41, 5.74) is 1.49. The Labute approximate surface area is 128 Å². The lowest BCUT2D eigenvalue weighted by Crippen LogP contribution is -1.89. The minimum absolute atomic E-state index is 0.521. The molecule has 0 spiro atoms. The van der Waals surface area contributed by atoms with Crippen molar-refractivity contribution in [3.05, 3.63) is 29.8 Å². The van der Waals surface area contributed by atoms with Gasteiger partial charge >= 0.3 is 0 Å².